The van der Waals surface area contributed by atoms with Crippen LogP contribution in [0, 0.1) is 0 Å². The second-order valence-electron chi connectivity index (χ2n) is 6.62. The summed E-state index contributed by atoms with van der Waals surface area (Å²) in [5.41, 5.74) is 0.420. The van der Waals surface area contributed by atoms with Crippen molar-refractivity contribution in [3.63, 3.8) is 0 Å². The molecule has 0 saturated carbocycles. The molecule has 0 unspecified atom stereocenters. The van der Waals surface area contributed by atoms with Gasteiger partial charge in [0.15, 0.2) is 0 Å². The maximum atomic E-state index is 12.5. The molecule has 1 aromatic rings. The summed E-state index contributed by atoms with van der Waals surface area (Å²) >= 11 is 0. The SMILES string of the molecule is CCOC(=O)C1=C(COC(=O)c2ccc(S(=O)(=O)N(CC)CC)cc2)NC(=O)N[C@H]1C. The molecular weight excluding hydrogens is 426 g/mol. The number of hydrogen-bond acceptors (Lipinski definition) is 7. The summed E-state index contributed by atoms with van der Waals surface area (Å²) in [6, 6.07) is 4.22. The summed E-state index contributed by atoms with van der Waals surface area (Å²) < 4.78 is 36.6. The van der Waals surface area contributed by atoms with Crippen molar-refractivity contribution in [2.45, 2.75) is 38.6 Å². The smallest absolute Gasteiger partial charge is 0.338 e. The molecule has 1 aliphatic heterocycles. The van der Waals surface area contributed by atoms with Gasteiger partial charge in [-0.05, 0) is 38.1 Å². The summed E-state index contributed by atoms with van der Waals surface area (Å²) in [7, 11) is -3.64. The first kappa shape index (κ1) is 24.4. The van der Waals surface area contributed by atoms with E-state index in [0.717, 1.165) is 0 Å². The molecule has 10 nitrogen and oxygen atoms in total. The Hall–Kier alpha value is -2.92. The molecule has 0 saturated heterocycles. The number of rotatable bonds is 9. The van der Waals surface area contributed by atoms with E-state index in [4.69, 9.17) is 9.47 Å². The van der Waals surface area contributed by atoms with Gasteiger partial charge in [-0.1, -0.05) is 13.8 Å². The lowest BCUT2D eigenvalue weighted by atomic mass is 10.0. The number of hydrogen-bond donors (Lipinski definition) is 2. The maximum Gasteiger partial charge on any atom is 0.338 e. The van der Waals surface area contributed by atoms with Gasteiger partial charge >= 0.3 is 18.0 Å². The van der Waals surface area contributed by atoms with Crippen molar-refractivity contribution >= 4 is 28.0 Å². The topological polar surface area (TPSA) is 131 Å². The zero-order chi connectivity index (χ0) is 23.2. The first-order chi connectivity index (χ1) is 14.6. The van der Waals surface area contributed by atoms with Crippen LogP contribution in [0.3, 0.4) is 0 Å². The molecule has 2 rings (SSSR count). The predicted molar refractivity (Wildman–Crippen MR) is 112 cm³/mol. The van der Waals surface area contributed by atoms with Gasteiger partial charge in [-0.3, -0.25) is 0 Å². The van der Waals surface area contributed by atoms with Gasteiger partial charge < -0.3 is 20.1 Å². The van der Waals surface area contributed by atoms with Crippen LogP contribution in [0.25, 0.3) is 0 Å². The Morgan fingerprint density at radius 2 is 1.65 bits per heavy atom. The Kier molecular flexibility index (Phi) is 8.17. The first-order valence-corrected chi connectivity index (χ1v) is 11.3. The van der Waals surface area contributed by atoms with Gasteiger partial charge in [-0.25, -0.2) is 22.8 Å². The molecule has 0 spiro atoms. The Labute approximate surface area is 181 Å². The zero-order valence-electron chi connectivity index (χ0n) is 17.9. The first-order valence-electron chi connectivity index (χ1n) is 9.90. The Morgan fingerprint density at radius 3 is 2.19 bits per heavy atom. The van der Waals surface area contributed by atoms with Gasteiger partial charge in [0.25, 0.3) is 0 Å². The fourth-order valence-corrected chi connectivity index (χ4v) is 4.55. The molecule has 1 atom stereocenters. The second-order valence-corrected chi connectivity index (χ2v) is 8.56. The molecule has 11 heteroatoms. The quantitative estimate of drug-likeness (QED) is 0.540. The average molecular weight is 454 g/mol. The highest BCUT2D eigenvalue weighted by Crippen LogP contribution is 2.18. The van der Waals surface area contributed by atoms with Crippen molar-refractivity contribution in [3.05, 3.63) is 41.1 Å². The molecule has 0 fully saturated rings. The van der Waals surface area contributed by atoms with E-state index in [1.165, 1.54) is 28.6 Å². The molecule has 0 aliphatic carbocycles. The number of ether oxygens (including phenoxy) is 2. The van der Waals surface area contributed by atoms with E-state index in [-0.39, 0.29) is 34.9 Å². The van der Waals surface area contributed by atoms with E-state index in [9.17, 15) is 22.8 Å². The van der Waals surface area contributed by atoms with E-state index >= 15 is 0 Å². The van der Waals surface area contributed by atoms with Crippen molar-refractivity contribution in [3.8, 4) is 0 Å². The number of carbonyl (C=O) groups is 3. The van der Waals surface area contributed by atoms with Gasteiger partial charge in [0.2, 0.25) is 10.0 Å². The van der Waals surface area contributed by atoms with Crippen LogP contribution in [0.15, 0.2) is 40.4 Å². The van der Waals surface area contributed by atoms with E-state index in [2.05, 4.69) is 10.6 Å². The summed E-state index contributed by atoms with van der Waals surface area (Å²) in [6.45, 7) is 7.21. The van der Waals surface area contributed by atoms with Crippen LogP contribution in [0.1, 0.15) is 38.1 Å². The number of amides is 2. The lowest BCUT2D eigenvalue weighted by Gasteiger charge is -2.26. The number of esters is 2. The number of sulfonamides is 1. The van der Waals surface area contributed by atoms with Crippen molar-refractivity contribution < 1.29 is 32.3 Å². The van der Waals surface area contributed by atoms with Crippen LogP contribution >= 0.6 is 0 Å². The number of nitrogens with zero attached hydrogens (tertiary/aromatic N) is 1. The largest absolute Gasteiger partial charge is 0.463 e. The van der Waals surface area contributed by atoms with Crippen LogP contribution in [0.4, 0.5) is 4.79 Å². The van der Waals surface area contributed by atoms with Crippen molar-refractivity contribution in [1.29, 1.82) is 0 Å². The van der Waals surface area contributed by atoms with Crippen LogP contribution in [-0.2, 0) is 24.3 Å². The molecule has 1 heterocycles. The average Bonchev–Trinajstić information content (AvgIpc) is 2.72. The second kappa shape index (κ2) is 10.4. The fourth-order valence-electron chi connectivity index (χ4n) is 3.09. The Balaban J connectivity index is 2.17. The molecule has 0 radical (unpaired) electrons. The van der Waals surface area contributed by atoms with Crippen LogP contribution in [0.2, 0.25) is 0 Å². The van der Waals surface area contributed by atoms with Crippen molar-refractivity contribution in [1.82, 2.24) is 14.9 Å². The highest BCUT2D eigenvalue weighted by atomic mass is 32.2. The summed E-state index contributed by atoms with van der Waals surface area (Å²) in [4.78, 5) is 36.4. The lowest BCUT2D eigenvalue weighted by molar-refractivity contribution is -0.139. The van der Waals surface area contributed by atoms with Crippen LogP contribution < -0.4 is 10.6 Å². The number of urea groups is 1. The highest BCUT2D eigenvalue weighted by Gasteiger charge is 2.30. The fraction of sp³-hybridized carbons (Fsp3) is 0.450. The standard InChI is InChI=1S/C20H27N3O7S/c1-5-23(6-2)31(27,28)15-10-8-14(9-11-15)18(24)30-12-16-17(19(25)29-7-3)13(4)21-20(26)22-16/h8-11,13H,5-7,12H2,1-4H3,(H2,21,22,26)/t13-/m0/s1. The molecule has 170 valence electrons. The monoisotopic (exact) mass is 453 g/mol. The molecule has 2 amide bonds. The molecule has 2 N–H and O–H groups in total. The minimum atomic E-state index is -3.64. The Bertz CT molecular complexity index is 967. The molecule has 1 aliphatic rings. The summed E-state index contributed by atoms with van der Waals surface area (Å²) in [5, 5.41) is 5.01. The van der Waals surface area contributed by atoms with Crippen LogP contribution in [0.5, 0.6) is 0 Å². The van der Waals surface area contributed by atoms with Gasteiger partial charge in [-0.2, -0.15) is 4.31 Å². The highest BCUT2D eigenvalue weighted by molar-refractivity contribution is 7.89. The van der Waals surface area contributed by atoms with Gasteiger partial charge in [0, 0.05) is 13.1 Å². The van der Waals surface area contributed by atoms with E-state index in [0.29, 0.717) is 13.1 Å². The minimum absolute atomic E-state index is 0.0690. The minimum Gasteiger partial charge on any atom is -0.463 e. The molecular formula is C20H27N3O7S. The third-order valence-corrected chi connectivity index (χ3v) is 6.71. The van der Waals surface area contributed by atoms with Gasteiger partial charge in [-0.15, -0.1) is 0 Å². The molecule has 31 heavy (non-hydrogen) atoms. The van der Waals surface area contributed by atoms with Crippen LogP contribution in [-0.4, -0.2) is 63.0 Å². The lowest BCUT2D eigenvalue weighted by Crippen LogP contribution is -2.50. The molecule has 0 bridgehead atoms. The van der Waals surface area contributed by atoms with Crippen molar-refractivity contribution in [2.24, 2.45) is 0 Å². The predicted octanol–water partition coefficient (Wildman–Crippen LogP) is 1.39. The van der Waals surface area contributed by atoms with Gasteiger partial charge in [0.1, 0.15) is 6.61 Å². The third kappa shape index (κ3) is 5.61. The van der Waals surface area contributed by atoms with E-state index in [1.54, 1.807) is 27.7 Å². The number of nitrogens with one attached hydrogen (secondary N) is 2. The van der Waals surface area contributed by atoms with E-state index in [1.807, 2.05) is 0 Å². The number of carbonyl (C=O) groups excluding carboxylic acids is 3. The normalized spacial score (nSPS) is 16.5. The summed E-state index contributed by atoms with van der Waals surface area (Å²) in [5.74, 6) is -1.36. The van der Waals surface area contributed by atoms with E-state index < -0.39 is 34.0 Å². The Morgan fingerprint density at radius 1 is 1.03 bits per heavy atom. The zero-order valence-corrected chi connectivity index (χ0v) is 18.7. The molecule has 0 aromatic heterocycles. The number of benzene rings is 1. The van der Waals surface area contributed by atoms with Crippen molar-refractivity contribution in [2.75, 3.05) is 26.3 Å². The van der Waals surface area contributed by atoms with Gasteiger partial charge in [0.05, 0.1) is 34.4 Å². The summed E-state index contributed by atoms with van der Waals surface area (Å²) in [6.07, 6.45) is 0. The third-order valence-electron chi connectivity index (χ3n) is 4.65. The maximum absolute atomic E-state index is 12.5. The molecule has 1 aromatic carbocycles.